The van der Waals surface area contributed by atoms with Crippen LogP contribution in [0.2, 0.25) is 0 Å². The molecule has 0 heterocycles. The first kappa shape index (κ1) is 14.5. The Morgan fingerprint density at radius 3 is 2.41 bits per heavy atom. The molecule has 0 spiro atoms. The van der Waals surface area contributed by atoms with E-state index in [-0.39, 0.29) is 11.4 Å². The van der Waals surface area contributed by atoms with Crippen molar-refractivity contribution in [1.29, 1.82) is 0 Å². The summed E-state index contributed by atoms with van der Waals surface area (Å²) in [4.78, 5) is 11.6. The number of nitrogens with two attached hydrogens (primary N) is 1. The molecule has 0 saturated heterocycles. The summed E-state index contributed by atoms with van der Waals surface area (Å²) < 4.78 is 0. The van der Waals surface area contributed by atoms with Crippen molar-refractivity contribution in [1.82, 2.24) is 5.32 Å². The highest BCUT2D eigenvalue weighted by Gasteiger charge is 2.34. The smallest absolute Gasteiger partial charge is 0.221 e. The second kappa shape index (κ2) is 7.70. The van der Waals surface area contributed by atoms with Gasteiger partial charge in [0.15, 0.2) is 0 Å². The van der Waals surface area contributed by atoms with E-state index in [2.05, 4.69) is 12.2 Å². The molecule has 1 amide bonds. The predicted molar refractivity (Wildman–Crippen MR) is 71.8 cm³/mol. The molecule has 1 rings (SSSR count). The van der Waals surface area contributed by atoms with E-state index in [4.69, 9.17) is 5.73 Å². The van der Waals surface area contributed by atoms with Gasteiger partial charge in [-0.2, -0.15) is 0 Å². The van der Waals surface area contributed by atoms with Crippen molar-refractivity contribution >= 4 is 5.91 Å². The Hall–Kier alpha value is -0.570. The van der Waals surface area contributed by atoms with Gasteiger partial charge in [-0.1, -0.05) is 39.0 Å². The van der Waals surface area contributed by atoms with Gasteiger partial charge in [-0.25, -0.2) is 0 Å². The maximum Gasteiger partial charge on any atom is 0.221 e. The largest absolute Gasteiger partial charge is 0.356 e. The van der Waals surface area contributed by atoms with E-state index < -0.39 is 0 Å². The van der Waals surface area contributed by atoms with Crippen molar-refractivity contribution in [3.05, 3.63) is 0 Å². The van der Waals surface area contributed by atoms with Crippen LogP contribution in [0, 0.1) is 0 Å². The highest BCUT2D eigenvalue weighted by atomic mass is 16.1. The quantitative estimate of drug-likeness (QED) is 0.609. The summed E-state index contributed by atoms with van der Waals surface area (Å²) in [5, 5.41) is 2.98. The second-order valence-corrected chi connectivity index (χ2v) is 5.51. The Labute approximate surface area is 106 Å². The SMILES string of the molecule is CCCCCCCCNC(=O)CC1(N)CCC1. The average molecular weight is 240 g/mol. The average Bonchev–Trinajstić information content (AvgIpc) is 2.26. The van der Waals surface area contributed by atoms with Crippen molar-refractivity contribution in [2.75, 3.05) is 6.54 Å². The lowest BCUT2D eigenvalue weighted by Crippen LogP contribution is -2.50. The summed E-state index contributed by atoms with van der Waals surface area (Å²) in [7, 11) is 0. The van der Waals surface area contributed by atoms with Gasteiger partial charge in [0.05, 0.1) is 0 Å². The molecule has 3 N–H and O–H groups in total. The molecule has 0 aliphatic heterocycles. The minimum absolute atomic E-state index is 0.140. The zero-order chi connectivity index (χ0) is 12.6. The minimum Gasteiger partial charge on any atom is -0.356 e. The summed E-state index contributed by atoms with van der Waals surface area (Å²) in [5.41, 5.74) is 5.85. The van der Waals surface area contributed by atoms with Crippen LogP contribution < -0.4 is 11.1 Å². The normalized spacial score (nSPS) is 17.5. The van der Waals surface area contributed by atoms with Gasteiger partial charge in [0.25, 0.3) is 0 Å². The molecule has 0 bridgehead atoms. The molecule has 0 atom stereocenters. The van der Waals surface area contributed by atoms with Gasteiger partial charge in [0.2, 0.25) is 5.91 Å². The minimum atomic E-state index is -0.175. The van der Waals surface area contributed by atoms with Gasteiger partial charge < -0.3 is 11.1 Å². The van der Waals surface area contributed by atoms with Crippen LogP contribution in [0.4, 0.5) is 0 Å². The lowest BCUT2D eigenvalue weighted by atomic mass is 9.75. The van der Waals surface area contributed by atoms with Crippen molar-refractivity contribution in [3.8, 4) is 0 Å². The molecule has 1 saturated carbocycles. The first-order chi connectivity index (χ1) is 8.16. The van der Waals surface area contributed by atoms with Crippen LogP contribution in [0.15, 0.2) is 0 Å². The van der Waals surface area contributed by atoms with Gasteiger partial charge >= 0.3 is 0 Å². The second-order valence-electron chi connectivity index (χ2n) is 5.51. The zero-order valence-corrected chi connectivity index (χ0v) is 11.3. The summed E-state index contributed by atoms with van der Waals surface area (Å²) in [6.07, 6.45) is 11.3. The number of amides is 1. The first-order valence-electron chi connectivity index (χ1n) is 7.22. The number of carbonyl (C=O) groups excluding carboxylic acids is 1. The van der Waals surface area contributed by atoms with Crippen molar-refractivity contribution < 1.29 is 4.79 Å². The van der Waals surface area contributed by atoms with Crippen LogP contribution in [0.1, 0.15) is 71.1 Å². The molecule has 1 aliphatic rings. The fraction of sp³-hybridized carbons (Fsp3) is 0.929. The Morgan fingerprint density at radius 2 is 1.82 bits per heavy atom. The van der Waals surface area contributed by atoms with Crippen molar-refractivity contribution in [3.63, 3.8) is 0 Å². The lowest BCUT2D eigenvalue weighted by Gasteiger charge is -2.37. The van der Waals surface area contributed by atoms with E-state index in [1.54, 1.807) is 0 Å². The van der Waals surface area contributed by atoms with Crippen LogP contribution in [0.3, 0.4) is 0 Å². The zero-order valence-electron chi connectivity index (χ0n) is 11.3. The van der Waals surface area contributed by atoms with E-state index in [0.717, 1.165) is 25.8 Å². The highest BCUT2D eigenvalue weighted by molar-refractivity contribution is 5.77. The van der Waals surface area contributed by atoms with E-state index in [0.29, 0.717) is 6.42 Å². The molecular weight excluding hydrogens is 212 g/mol. The third-order valence-corrected chi connectivity index (χ3v) is 3.71. The van der Waals surface area contributed by atoms with E-state index in [1.807, 2.05) is 0 Å². The molecule has 0 radical (unpaired) electrons. The maximum atomic E-state index is 11.6. The van der Waals surface area contributed by atoms with Crippen LogP contribution in [0.25, 0.3) is 0 Å². The Balaban J connectivity index is 1.90. The molecule has 1 aliphatic carbocycles. The topological polar surface area (TPSA) is 55.1 Å². The molecule has 0 unspecified atom stereocenters. The molecule has 100 valence electrons. The lowest BCUT2D eigenvalue weighted by molar-refractivity contribution is -0.123. The fourth-order valence-corrected chi connectivity index (χ4v) is 2.32. The highest BCUT2D eigenvalue weighted by Crippen LogP contribution is 2.31. The summed E-state index contributed by atoms with van der Waals surface area (Å²) in [5.74, 6) is 0.140. The van der Waals surface area contributed by atoms with Crippen molar-refractivity contribution in [2.24, 2.45) is 5.73 Å². The number of hydrogen-bond acceptors (Lipinski definition) is 2. The summed E-state index contributed by atoms with van der Waals surface area (Å²) >= 11 is 0. The number of carbonyl (C=O) groups is 1. The van der Waals surface area contributed by atoms with Crippen molar-refractivity contribution in [2.45, 2.75) is 76.7 Å². The van der Waals surface area contributed by atoms with Crippen LogP contribution in [-0.2, 0) is 4.79 Å². The van der Waals surface area contributed by atoms with Gasteiger partial charge in [0, 0.05) is 18.5 Å². The predicted octanol–water partition coefficient (Wildman–Crippen LogP) is 2.73. The number of unbranched alkanes of at least 4 members (excludes halogenated alkanes) is 5. The molecule has 17 heavy (non-hydrogen) atoms. The Kier molecular flexibility index (Phi) is 6.56. The molecule has 0 aromatic rings. The summed E-state index contributed by atoms with van der Waals surface area (Å²) in [6, 6.07) is 0. The van der Waals surface area contributed by atoms with Gasteiger partial charge in [0.1, 0.15) is 0 Å². The molecule has 3 nitrogen and oxygen atoms in total. The standard InChI is InChI=1S/C14H28N2O/c1-2-3-4-5-6-7-11-16-13(17)12-14(15)9-8-10-14/h2-12,15H2,1H3,(H,16,17). The number of hydrogen-bond donors (Lipinski definition) is 2. The number of nitrogens with one attached hydrogen (secondary N) is 1. The molecule has 1 fully saturated rings. The van der Waals surface area contributed by atoms with E-state index >= 15 is 0 Å². The van der Waals surface area contributed by atoms with Crippen LogP contribution >= 0.6 is 0 Å². The van der Waals surface area contributed by atoms with E-state index in [9.17, 15) is 4.79 Å². The van der Waals surface area contributed by atoms with Gasteiger partial charge in [-0.05, 0) is 25.7 Å². The van der Waals surface area contributed by atoms with Crippen LogP contribution in [0.5, 0.6) is 0 Å². The Bertz CT molecular complexity index is 224. The molecule has 0 aromatic carbocycles. The maximum absolute atomic E-state index is 11.6. The van der Waals surface area contributed by atoms with Gasteiger partial charge in [-0.15, -0.1) is 0 Å². The van der Waals surface area contributed by atoms with Crippen LogP contribution in [-0.4, -0.2) is 18.0 Å². The molecule has 0 aromatic heterocycles. The fourth-order valence-electron chi connectivity index (χ4n) is 2.32. The van der Waals surface area contributed by atoms with Gasteiger partial charge in [-0.3, -0.25) is 4.79 Å². The molecule has 3 heteroatoms. The monoisotopic (exact) mass is 240 g/mol. The summed E-state index contributed by atoms with van der Waals surface area (Å²) in [6.45, 7) is 3.05. The number of rotatable bonds is 9. The third-order valence-electron chi connectivity index (χ3n) is 3.71. The Morgan fingerprint density at radius 1 is 1.18 bits per heavy atom. The molecular formula is C14H28N2O. The first-order valence-corrected chi connectivity index (χ1v) is 7.22. The van der Waals surface area contributed by atoms with E-state index in [1.165, 1.54) is 38.5 Å². The third kappa shape index (κ3) is 6.06.